The number of halogens is 1. The number of nitrogens with one attached hydrogen (secondary N) is 2. The Bertz CT molecular complexity index is 726. The Kier molecular flexibility index (Phi) is 5.17. The van der Waals surface area contributed by atoms with Gasteiger partial charge in [-0.15, -0.1) is 4.83 Å². The molecule has 0 atom stereocenters. The molecule has 110 valence electrons. The van der Waals surface area contributed by atoms with E-state index in [4.69, 9.17) is 0 Å². The third-order valence-corrected chi connectivity index (χ3v) is 4.61. The van der Waals surface area contributed by atoms with Crippen LogP contribution in [0.3, 0.4) is 0 Å². The van der Waals surface area contributed by atoms with Crippen molar-refractivity contribution in [1.29, 1.82) is 0 Å². The third kappa shape index (κ3) is 4.17. The van der Waals surface area contributed by atoms with Crippen LogP contribution in [0.1, 0.15) is 12.5 Å². The van der Waals surface area contributed by atoms with E-state index in [1.54, 1.807) is 18.2 Å². The normalized spacial score (nSPS) is 12.2. The van der Waals surface area contributed by atoms with Crippen LogP contribution in [-0.4, -0.2) is 8.42 Å². The second kappa shape index (κ2) is 6.89. The zero-order valence-electron chi connectivity index (χ0n) is 11.4. The number of benzene rings is 2. The minimum Gasteiger partial charge on any atom is -0.308 e. The van der Waals surface area contributed by atoms with Crippen LogP contribution in [0.15, 0.2) is 70.0 Å². The molecular weight excluding hydrogens is 352 g/mol. The molecule has 4 nitrogen and oxygen atoms in total. The smallest absolute Gasteiger partial charge is 0.257 e. The molecule has 21 heavy (non-hydrogen) atoms. The lowest BCUT2D eigenvalue weighted by atomic mass is 10.1. The first-order valence-corrected chi connectivity index (χ1v) is 8.55. The highest BCUT2D eigenvalue weighted by molar-refractivity contribution is 9.10. The van der Waals surface area contributed by atoms with Crippen molar-refractivity contribution in [2.45, 2.75) is 11.8 Å². The number of allylic oxidation sites excluding steroid dienone is 1. The lowest BCUT2D eigenvalue weighted by molar-refractivity contribution is 0.576. The first-order valence-electron chi connectivity index (χ1n) is 6.28. The highest BCUT2D eigenvalue weighted by Crippen LogP contribution is 2.15. The zero-order valence-corrected chi connectivity index (χ0v) is 13.8. The molecule has 0 aliphatic rings. The van der Waals surface area contributed by atoms with Gasteiger partial charge >= 0.3 is 0 Å². The molecule has 0 heterocycles. The van der Waals surface area contributed by atoms with Gasteiger partial charge in [-0.2, -0.15) is 0 Å². The van der Waals surface area contributed by atoms with Gasteiger partial charge < -0.3 is 5.43 Å². The molecular formula is C15H15BrN2O2S. The summed E-state index contributed by atoms with van der Waals surface area (Å²) in [6.07, 6.45) is 1.80. The van der Waals surface area contributed by atoms with Gasteiger partial charge in [0.05, 0.1) is 10.6 Å². The summed E-state index contributed by atoms with van der Waals surface area (Å²) in [5, 5.41) is 0. The second-order valence-electron chi connectivity index (χ2n) is 4.25. The van der Waals surface area contributed by atoms with Crippen molar-refractivity contribution in [2.75, 3.05) is 0 Å². The van der Waals surface area contributed by atoms with Crippen molar-refractivity contribution >= 4 is 31.7 Å². The molecule has 2 aromatic carbocycles. The van der Waals surface area contributed by atoms with Gasteiger partial charge in [0.2, 0.25) is 0 Å². The molecule has 0 fully saturated rings. The van der Waals surface area contributed by atoms with E-state index in [9.17, 15) is 8.42 Å². The molecule has 6 heteroatoms. The van der Waals surface area contributed by atoms with E-state index in [-0.39, 0.29) is 4.90 Å². The molecule has 0 radical (unpaired) electrons. The Hall–Kier alpha value is -1.63. The van der Waals surface area contributed by atoms with Gasteiger partial charge in [-0.1, -0.05) is 52.3 Å². The van der Waals surface area contributed by atoms with E-state index in [0.717, 1.165) is 10.0 Å². The van der Waals surface area contributed by atoms with Gasteiger partial charge in [0.15, 0.2) is 0 Å². The molecule has 0 unspecified atom stereocenters. The number of rotatable bonds is 5. The Labute approximate surface area is 133 Å². The summed E-state index contributed by atoms with van der Waals surface area (Å²) in [7, 11) is -3.61. The van der Waals surface area contributed by atoms with Crippen molar-refractivity contribution in [1.82, 2.24) is 10.3 Å². The molecule has 0 aliphatic carbocycles. The lowest BCUT2D eigenvalue weighted by Crippen LogP contribution is -2.36. The molecule has 0 bridgehead atoms. The van der Waals surface area contributed by atoms with E-state index < -0.39 is 10.0 Å². The highest BCUT2D eigenvalue weighted by atomic mass is 79.9. The standard InChI is InChI=1S/C15H15BrN2O2S/c1-2-15(12-6-4-3-5-7-12)17-18-21(19,20)14-10-8-13(16)9-11-14/h2-11,17-18H,1H3. The van der Waals surface area contributed by atoms with Gasteiger partial charge in [-0.3, -0.25) is 0 Å². The minimum absolute atomic E-state index is 0.196. The maximum absolute atomic E-state index is 12.2. The van der Waals surface area contributed by atoms with Crippen LogP contribution < -0.4 is 10.3 Å². The topological polar surface area (TPSA) is 58.2 Å². The number of hydrogen-bond donors (Lipinski definition) is 2. The second-order valence-corrected chi connectivity index (χ2v) is 6.85. The van der Waals surface area contributed by atoms with E-state index in [1.807, 2.05) is 37.3 Å². The van der Waals surface area contributed by atoms with Crippen LogP contribution in [0, 0.1) is 0 Å². The molecule has 2 aromatic rings. The van der Waals surface area contributed by atoms with Gasteiger partial charge in [0, 0.05) is 4.47 Å². The first-order chi connectivity index (χ1) is 10.0. The molecule has 0 amide bonds. The predicted octanol–water partition coefficient (Wildman–Crippen LogP) is 3.29. The number of sulfonamides is 1. The van der Waals surface area contributed by atoms with Gasteiger partial charge in [-0.25, -0.2) is 8.42 Å². The lowest BCUT2D eigenvalue weighted by Gasteiger charge is -2.12. The van der Waals surface area contributed by atoms with Crippen molar-refractivity contribution in [3.8, 4) is 0 Å². The highest BCUT2D eigenvalue weighted by Gasteiger charge is 2.13. The largest absolute Gasteiger partial charge is 0.308 e. The SMILES string of the molecule is CC=C(NNS(=O)(=O)c1ccc(Br)cc1)c1ccccc1. The van der Waals surface area contributed by atoms with Gasteiger partial charge in [-0.05, 0) is 36.8 Å². The van der Waals surface area contributed by atoms with Crippen LogP contribution >= 0.6 is 15.9 Å². The molecule has 0 saturated heterocycles. The van der Waals surface area contributed by atoms with Crippen molar-refractivity contribution in [2.24, 2.45) is 0 Å². The zero-order chi connectivity index (χ0) is 15.3. The van der Waals surface area contributed by atoms with Gasteiger partial charge in [0.1, 0.15) is 0 Å². The molecule has 0 aliphatic heterocycles. The van der Waals surface area contributed by atoms with E-state index in [2.05, 4.69) is 26.2 Å². The van der Waals surface area contributed by atoms with Crippen LogP contribution in [0.4, 0.5) is 0 Å². The average molecular weight is 367 g/mol. The minimum atomic E-state index is -3.61. The molecule has 2 N–H and O–H groups in total. The van der Waals surface area contributed by atoms with E-state index >= 15 is 0 Å². The van der Waals surface area contributed by atoms with E-state index in [1.165, 1.54) is 12.1 Å². The average Bonchev–Trinajstić information content (AvgIpc) is 2.49. The molecule has 0 spiro atoms. The Balaban J connectivity index is 2.13. The molecule has 0 saturated carbocycles. The molecule has 0 aromatic heterocycles. The van der Waals surface area contributed by atoms with Crippen LogP contribution in [0.5, 0.6) is 0 Å². The van der Waals surface area contributed by atoms with E-state index in [0.29, 0.717) is 5.70 Å². The summed E-state index contributed by atoms with van der Waals surface area (Å²) in [5.41, 5.74) is 4.34. The summed E-state index contributed by atoms with van der Waals surface area (Å²) in [5.74, 6) is 0. The van der Waals surface area contributed by atoms with Crippen molar-refractivity contribution in [3.05, 3.63) is 70.7 Å². The summed E-state index contributed by atoms with van der Waals surface area (Å²) < 4.78 is 25.2. The quantitative estimate of drug-likeness (QED) is 0.798. The maximum Gasteiger partial charge on any atom is 0.257 e. The fourth-order valence-electron chi connectivity index (χ4n) is 1.72. The maximum atomic E-state index is 12.2. The third-order valence-electron chi connectivity index (χ3n) is 2.82. The van der Waals surface area contributed by atoms with Gasteiger partial charge in [0.25, 0.3) is 10.0 Å². The number of hydrazine groups is 1. The van der Waals surface area contributed by atoms with Crippen molar-refractivity contribution in [3.63, 3.8) is 0 Å². The summed E-state index contributed by atoms with van der Waals surface area (Å²) in [6, 6.07) is 15.9. The van der Waals surface area contributed by atoms with Crippen LogP contribution in [0.2, 0.25) is 0 Å². The Morgan fingerprint density at radius 3 is 2.24 bits per heavy atom. The molecule has 2 rings (SSSR count). The monoisotopic (exact) mass is 366 g/mol. The predicted molar refractivity (Wildman–Crippen MR) is 87.7 cm³/mol. The van der Waals surface area contributed by atoms with Crippen LogP contribution in [0.25, 0.3) is 5.70 Å². The number of hydrogen-bond acceptors (Lipinski definition) is 3. The fraction of sp³-hybridized carbons (Fsp3) is 0.0667. The summed E-state index contributed by atoms with van der Waals surface area (Å²) >= 11 is 3.28. The van der Waals surface area contributed by atoms with Crippen LogP contribution in [-0.2, 0) is 10.0 Å². The first kappa shape index (κ1) is 15.8. The summed E-state index contributed by atoms with van der Waals surface area (Å²) in [6.45, 7) is 1.84. The van der Waals surface area contributed by atoms with Crippen molar-refractivity contribution < 1.29 is 8.42 Å². The fourth-order valence-corrected chi connectivity index (χ4v) is 2.84. The Morgan fingerprint density at radius 1 is 1.05 bits per heavy atom. The Morgan fingerprint density at radius 2 is 1.67 bits per heavy atom. The summed E-state index contributed by atoms with van der Waals surface area (Å²) in [4.78, 5) is 2.58.